The summed E-state index contributed by atoms with van der Waals surface area (Å²) in [6.07, 6.45) is 4.98. The molecule has 39 heavy (non-hydrogen) atoms. The summed E-state index contributed by atoms with van der Waals surface area (Å²) in [5.41, 5.74) is 2.13. The van der Waals surface area contributed by atoms with Gasteiger partial charge in [0, 0.05) is 29.7 Å². The van der Waals surface area contributed by atoms with E-state index >= 15 is 0 Å². The van der Waals surface area contributed by atoms with Crippen LogP contribution in [0.2, 0.25) is 0 Å². The van der Waals surface area contributed by atoms with Crippen LogP contribution in [0.3, 0.4) is 0 Å². The van der Waals surface area contributed by atoms with Gasteiger partial charge in [0.25, 0.3) is 5.91 Å². The number of hydrogen-bond acceptors (Lipinski definition) is 9. The van der Waals surface area contributed by atoms with E-state index in [-0.39, 0.29) is 28.8 Å². The number of alkyl halides is 1. The van der Waals surface area contributed by atoms with Gasteiger partial charge in [-0.15, -0.1) is 11.3 Å². The number of hydrogen-bond donors (Lipinski definition) is 4. The van der Waals surface area contributed by atoms with Crippen LogP contribution >= 0.6 is 11.3 Å². The maximum atomic E-state index is 14.3. The number of aromatic nitrogens is 2. The molecular formula is C27H34FN5O4S2. The molecule has 3 aromatic rings. The molecule has 9 nitrogen and oxygen atoms in total. The predicted octanol–water partition coefficient (Wildman–Crippen LogP) is 4.43. The van der Waals surface area contributed by atoms with Crippen LogP contribution in [0.5, 0.6) is 0 Å². The number of nitrogens with one attached hydrogen (secondary N) is 3. The van der Waals surface area contributed by atoms with Gasteiger partial charge in [-0.25, -0.2) is 22.8 Å². The van der Waals surface area contributed by atoms with E-state index in [1.54, 1.807) is 11.6 Å². The molecule has 1 amide bonds. The molecule has 12 heteroatoms. The lowest BCUT2D eigenvalue weighted by Crippen LogP contribution is -2.42. The van der Waals surface area contributed by atoms with E-state index in [4.69, 9.17) is 0 Å². The van der Waals surface area contributed by atoms with Crippen molar-refractivity contribution >= 4 is 54.5 Å². The van der Waals surface area contributed by atoms with Crippen LogP contribution < -0.4 is 16.0 Å². The van der Waals surface area contributed by atoms with Crippen molar-refractivity contribution in [2.45, 2.75) is 63.3 Å². The molecule has 0 aliphatic heterocycles. The van der Waals surface area contributed by atoms with Gasteiger partial charge in [0.15, 0.2) is 0 Å². The molecule has 2 saturated carbocycles. The number of nitrogens with zero attached hydrogens (tertiary/aromatic N) is 2. The molecular weight excluding hydrogens is 541 g/mol. The van der Waals surface area contributed by atoms with E-state index in [9.17, 15) is 22.7 Å². The summed E-state index contributed by atoms with van der Waals surface area (Å²) >= 11 is 1.53. The van der Waals surface area contributed by atoms with E-state index in [0.717, 1.165) is 41.6 Å². The Morgan fingerprint density at radius 2 is 1.95 bits per heavy atom. The number of aliphatic hydroxyl groups is 1. The monoisotopic (exact) mass is 575 g/mol. The molecule has 0 saturated heterocycles. The van der Waals surface area contributed by atoms with Crippen molar-refractivity contribution in [1.82, 2.24) is 15.3 Å². The number of halogens is 1. The lowest BCUT2D eigenvalue weighted by Gasteiger charge is -2.30. The van der Waals surface area contributed by atoms with E-state index in [1.807, 2.05) is 18.2 Å². The number of thiazole rings is 1. The maximum Gasteiger partial charge on any atom is 0.255 e. The van der Waals surface area contributed by atoms with Gasteiger partial charge in [-0.1, -0.05) is 0 Å². The van der Waals surface area contributed by atoms with E-state index in [1.165, 1.54) is 37.6 Å². The van der Waals surface area contributed by atoms with Crippen molar-refractivity contribution in [2.75, 3.05) is 29.2 Å². The quantitative estimate of drug-likeness (QED) is 0.279. The minimum atomic E-state index is -3.12. The van der Waals surface area contributed by atoms with E-state index in [2.05, 4.69) is 25.9 Å². The average molecular weight is 576 g/mol. The smallest absolute Gasteiger partial charge is 0.255 e. The van der Waals surface area contributed by atoms with Gasteiger partial charge in [-0.05, 0) is 69.6 Å². The topological polar surface area (TPSA) is 133 Å². The summed E-state index contributed by atoms with van der Waals surface area (Å²) in [6.45, 7) is 2.36. The second-order valence-electron chi connectivity index (χ2n) is 11.8. The normalized spacial score (nSPS) is 23.6. The third-order valence-electron chi connectivity index (χ3n) is 7.91. The summed E-state index contributed by atoms with van der Waals surface area (Å²) < 4.78 is 39.6. The third-order valence-corrected chi connectivity index (χ3v) is 9.84. The number of carbonyl (C=O) groups excluding carboxylic acids is 1. The Kier molecular flexibility index (Phi) is 7.09. The molecule has 210 valence electrons. The summed E-state index contributed by atoms with van der Waals surface area (Å²) in [7, 11) is -3.12. The molecule has 1 aromatic carbocycles. The maximum absolute atomic E-state index is 14.3. The zero-order valence-electron chi connectivity index (χ0n) is 22.3. The molecule has 4 N–H and O–H groups in total. The molecule has 0 radical (unpaired) electrons. The number of sulfone groups is 1. The highest BCUT2D eigenvalue weighted by Gasteiger charge is 2.55. The van der Waals surface area contributed by atoms with Crippen LogP contribution in [0.25, 0.3) is 10.2 Å². The van der Waals surface area contributed by atoms with Gasteiger partial charge in [-0.3, -0.25) is 4.79 Å². The van der Waals surface area contributed by atoms with Gasteiger partial charge < -0.3 is 21.1 Å². The molecule has 2 bridgehead atoms. The van der Waals surface area contributed by atoms with Gasteiger partial charge in [0.05, 0.1) is 44.9 Å². The molecule has 0 unspecified atom stereocenters. The van der Waals surface area contributed by atoms with Crippen LogP contribution in [0.4, 0.5) is 21.6 Å². The predicted molar refractivity (Wildman–Crippen MR) is 152 cm³/mol. The highest BCUT2D eigenvalue weighted by molar-refractivity contribution is 7.90. The molecule has 1 atom stereocenters. The summed E-state index contributed by atoms with van der Waals surface area (Å²) in [4.78, 5) is 21.9. The molecule has 2 fully saturated rings. The standard InChI is InChI=1S/C27H34FN5O4S2/c1-25(2,35)22(28)13-30-24(34)18-12-29-23(32-17-4-5-19-21(10-17)38-16-31-19)11-20(18)33-27-8-6-26(14-27,7-9-27)15-39(3,36)37/h4-5,10-12,16,22,35H,6-9,13-15H2,1-3H3,(H,30,34)(H2,29,32,33)/t22-,26?,27?/m1/s1. The van der Waals surface area contributed by atoms with Crippen LogP contribution in [0.1, 0.15) is 56.3 Å². The Morgan fingerprint density at radius 1 is 1.21 bits per heavy atom. The van der Waals surface area contributed by atoms with Crippen LogP contribution in [0, 0.1) is 5.41 Å². The first-order chi connectivity index (χ1) is 18.2. The molecule has 0 spiro atoms. The lowest BCUT2D eigenvalue weighted by atomic mass is 9.86. The Balaban J connectivity index is 1.41. The Labute approximate surface area is 231 Å². The van der Waals surface area contributed by atoms with E-state index < -0.39 is 27.5 Å². The van der Waals surface area contributed by atoms with Gasteiger partial charge in [0.2, 0.25) is 0 Å². The zero-order valence-corrected chi connectivity index (χ0v) is 23.9. The molecule has 2 aliphatic carbocycles. The summed E-state index contributed by atoms with van der Waals surface area (Å²) in [6, 6.07) is 7.56. The molecule has 2 aliphatic rings. The van der Waals surface area contributed by atoms with Crippen molar-refractivity contribution in [3.8, 4) is 0 Å². The highest BCUT2D eigenvalue weighted by atomic mass is 32.2. The Hall–Kier alpha value is -2.83. The SMILES string of the molecule is CC(C)(O)[C@H](F)CNC(=O)c1cnc(Nc2ccc3ncsc3c2)cc1NC12CCC(CS(C)(=O)=O)(CC1)C2. The second-order valence-corrected chi connectivity index (χ2v) is 14.8. The van der Waals surface area contributed by atoms with Crippen LogP contribution in [-0.2, 0) is 9.84 Å². The van der Waals surface area contributed by atoms with Crippen LogP contribution in [-0.4, -0.2) is 65.3 Å². The first-order valence-electron chi connectivity index (χ1n) is 13.0. The highest BCUT2D eigenvalue weighted by Crippen LogP contribution is 2.58. The minimum Gasteiger partial charge on any atom is -0.387 e. The number of rotatable bonds is 10. The fourth-order valence-corrected chi connectivity index (χ4v) is 8.17. The number of anilines is 3. The summed E-state index contributed by atoms with van der Waals surface area (Å²) in [5, 5.41) is 19.4. The minimum absolute atomic E-state index is 0.162. The van der Waals surface area contributed by atoms with Crippen molar-refractivity contribution in [3.63, 3.8) is 0 Å². The fourth-order valence-electron chi connectivity index (χ4n) is 5.95. The summed E-state index contributed by atoms with van der Waals surface area (Å²) in [5.74, 6) is 0.173. The van der Waals surface area contributed by atoms with Crippen LogP contribution in [0.15, 0.2) is 36.0 Å². The number of carbonyl (C=O) groups is 1. The first kappa shape index (κ1) is 27.7. The fraction of sp³-hybridized carbons (Fsp3) is 0.519. The van der Waals surface area contributed by atoms with E-state index in [0.29, 0.717) is 17.9 Å². The van der Waals surface area contributed by atoms with Gasteiger partial charge in [0.1, 0.15) is 21.8 Å². The number of amides is 1. The van der Waals surface area contributed by atoms with Crippen molar-refractivity contribution in [3.05, 3.63) is 41.5 Å². The van der Waals surface area contributed by atoms with Gasteiger partial charge in [-0.2, -0.15) is 0 Å². The number of benzene rings is 1. The largest absolute Gasteiger partial charge is 0.387 e. The number of pyridine rings is 1. The second kappa shape index (κ2) is 9.97. The van der Waals surface area contributed by atoms with Crippen molar-refractivity contribution < 1.29 is 22.7 Å². The number of fused-ring (bicyclic) bond motifs is 3. The van der Waals surface area contributed by atoms with Gasteiger partial charge >= 0.3 is 0 Å². The molecule has 2 aromatic heterocycles. The van der Waals surface area contributed by atoms with Crippen molar-refractivity contribution in [2.24, 2.45) is 5.41 Å². The molecule has 2 heterocycles. The molecule has 5 rings (SSSR count). The Bertz CT molecular complexity index is 1490. The third kappa shape index (κ3) is 6.17. The Morgan fingerprint density at radius 3 is 2.64 bits per heavy atom. The first-order valence-corrected chi connectivity index (χ1v) is 15.9. The zero-order chi connectivity index (χ0) is 28.1. The van der Waals surface area contributed by atoms with Crippen molar-refractivity contribution in [1.29, 1.82) is 0 Å². The lowest BCUT2D eigenvalue weighted by molar-refractivity contribution is -0.00177. The average Bonchev–Trinajstić information content (AvgIpc) is 3.53.